The number of aromatic nitrogens is 3. The molecule has 0 aliphatic heterocycles. The third-order valence-electron chi connectivity index (χ3n) is 4.09. The lowest BCUT2D eigenvalue weighted by Crippen LogP contribution is -1.99. The van der Waals surface area contributed by atoms with Crippen LogP contribution in [0.3, 0.4) is 0 Å². The Morgan fingerprint density at radius 3 is 2.39 bits per heavy atom. The molecule has 2 heterocycles. The Hall–Kier alpha value is -1.90. The van der Waals surface area contributed by atoms with Crippen molar-refractivity contribution in [3.8, 4) is 17.0 Å². The van der Waals surface area contributed by atoms with Crippen molar-refractivity contribution >= 4 is 47.8 Å². The largest absolute Gasteiger partial charge is 0.489 e. The van der Waals surface area contributed by atoms with Gasteiger partial charge in [0.15, 0.2) is 10.5 Å². The van der Waals surface area contributed by atoms with Gasteiger partial charge in [-0.15, -0.1) is 0 Å². The summed E-state index contributed by atoms with van der Waals surface area (Å²) in [6.45, 7) is 1.05. The van der Waals surface area contributed by atoms with Crippen LogP contribution in [0.15, 0.2) is 79.1 Å². The molecule has 0 radical (unpaired) electrons. The molecular weight excluding hydrogens is 554 g/mol. The smallest absolute Gasteiger partial charge is 0.179 e. The van der Waals surface area contributed by atoms with Crippen LogP contribution in [-0.2, 0) is 13.2 Å². The number of benzene rings is 2. The van der Waals surface area contributed by atoms with Gasteiger partial charge in [-0.25, -0.2) is 4.98 Å². The molecule has 0 aliphatic carbocycles. The van der Waals surface area contributed by atoms with Crippen molar-refractivity contribution in [3.05, 3.63) is 85.9 Å². The maximum atomic E-state index is 5.83. The van der Waals surface area contributed by atoms with Crippen molar-refractivity contribution in [3.63, 3.8) is 0 Å². The Labute approximate surface area is 187 Å². The van der Waals surface area contributed by atoms with Crippen molar-refractivity contribution in [2.75, 3.05) is 0 Å². The molecule has 0 saturated carbocycles. The van der Waals surface area contributed by atoms with E-state index in [1.54, 1.807) is 0 Å². The zero-order chi connectivity index (χ0) is 19.5. The van der Waals surface area contributed by atoms with Crippen LogP contribution >= 0.6 is 47.8 Å². The number of hydrogen-bond acceptors (Lipinski definition) is 4. The number of ether oxygens (including phenoxy) is 1. The van der Waals surface area contributed by atoms with Crippen LogP contribution in [0.2, 0.25) is 0 Å². The molecule has 0 saturated heterocycles. The fourth-order valence-electron chi connectivity index (χ4n) is 2.66. The van der Waals surface area contributed by atoms with Crippen molar-refractivity contribution in [1.82, 2.24) is 14.7 Å². The lowest BCUT2D eigenvalue weighted by Gasteiger charge is -2.06. The molecule has 4 aromatic rings. The number of imidazole rings is 1. The van der Waals surface area contributed by atoms with Crippen LogP contribution in [-0.4, -0.2) is 14.7 Å². The molecule has 0 N–H and O–H groups in total. The Kier molecular flexibility index (Phi) is 5.99. The summed E-state index contributed by atoms with van der Waals surface area (Å²) in [5, 5.41) is 4.18. The van der Waals surface area contributed by atoms with E-state index in [4.69, 9.17) is 9.26 Å². The Balaban J connectivity index is 1.43. The topological polar surface area (TPSA) is 53.1 Å². The van der Waals surface area contributed by atoms with Gasteiger partial charge in [-0.2, -0.15) is 0 Å². The third kappa shape index (κ3) is 4.39. The van der Waals surface area contributed by atoms with Gasteiger partial charge in [0.2, 0.25) is 0 Å². The van der Waals surface area contributed by atoms with E-state index in [9.17, 15) is 0 Å². The van der Waals surface area contributed by atoms with Gasteiger partial charge in [0.25, 0.3) is 0 Å². The van der Waals surface area contributed by atoms with Gasteiger partial charge in [-0.3, -0.25) is 0 Å². The summed E-state index contributed by atoms with van der Waals surface area (Å²) in [6.07, 6.45) is 0. The van der Waals surface area contributed by atoms with E-state index in [0.717, 1.165) is 37.5 Å². The summed E-state index contributed by atoms with van der Waals surface area (Å²) in [6, 6.07) is 19.8. The highest BCUT2D eigenvalue weighted by Gasteiger charge is 2.14. The highest BCUT2D eigenvalue weighted by Crippen LogP contribution is 2.29. The summed E-state index contributed by atoms with van der Waals surface area (Å²) in [5.41, 5.74) is 2.87. The fourth-order valence-corrected chi connectivity index (χ4v) is 4.38. The molecule has 4 rings (SSSR count). The van der Waals surface area contributed by atoms with E-state index in [1.807, 2.05) is 65.2 Å². The maximum absolute atomic E-state index is 5.83. The van der Waals surface area contributed by atoms with Gasteiger partial charge >= 0.3 is 0 Å². The molecule has 0 aliphatic rings. The molecule has 142 valence electrons. The second-order valence-corrected chi connectivity index (χ2v) is 8.24. The van der Waals surface area contributed by atoms with Crippen molar-refractivity contribution in [2.45, 2.75) is 13.2 Å². The van der Waals surface area contributed by atoms with Gasteiger partial charge in [-0.05, 0) is 77.6 Å². The van der Waals surface area contributed by atoms with E-state index >= 15 is 0 Å². The first kappa shape index (κ1) is 19.4. The summed E-state index contributed by atoms with van der Waals surface area (Å²) in [4.78, 5) is 4.29. The Morgan fingerprint density at radius 1 is 0.964 bits per heavy atom. The molecule has 8 heteroatoms. The van der Waals surface area contributed by atoms with Crippen LogP contribution in [0.4, 0.5) is 0 Å². The van der Waals surface area contributed by atoms with Crippen LogP contribution in [0.25, 0.3) is 11.3 Å². The Morgan fingerprint density at radius 2 is 1.71 bits per heavy atom. The highest BCUT2D eigenvalue weighted by molar-refractivity contribution is 9.13. The number of halogens is 3. The second kappa shape index (κ2) is 8.63. The van der Waals surface area contributed by atoms with Crippen LogP contribution in [0.1, 0.15) is 11.3 Å². The maximum Gasteiger partial charge on any atom is 0.179 e. The first-order valence-corrected chi connectivity index (χ1v) is 10.8. The average Bonchev–Trinajstić information content (AvgIpc) is 3.28. The molecule has 2 aromatic carbocycles. The monoisotopic (exact) mass is 565 g/mol. The third-order valence-corrected chi connectivity index (χ3v) is 6.59. The molecule has 28 heavy (non-hydrogen) atoms. The van der Waals surface area contributed by atoms with Crippen molar-refractivity contribution in [2.24, 2.45) is 0 Å². The first-order chi connectivity index (χ1) is 13.6. The molecular formula is C20H14Br3N3O2. The minimum Gasteiger partial charge on any atom is -0.489 e. The average molecular weight is 568 g/mol. The molecule has 0 unspecified atom stereocenters. The van der Waals surface area contributed by atoms with Gasteiger partial charge in [0, 0.05) is 11.6 Å². The summed E-state index contributed by atoms with van der Waals surface area (Å²) in [7, 11) is 0. The summed E-state index contributed by atoms with van der Waals surface area (Å²) in [5.74, 6) is 1.54. The SMILES string of the molecule is Brc1nc(Br)n(Cc2cc(-c3ccc(OCc4ccccc4)cc3)no2)c1Br. The van der Waals surface area contributed by atoms with Crippen LogP contribution < -0.4 is 4.74 Å². The molecule has 0 amide bonds. The number of nitrogens with zero attached hydrogens (tertiary/aromatic N) is 3. The van der Waals surface area contributed by atoms with Crippen LogP contribution in [0.5, 0.6) is 5.75 Å². The summed E-state index contributed by atoms with van der Waals surface area (Å²) >= 11 is 10.3. The second-order valence-electron chi connectivity index (χ2n) is 6.03. The Bertz CT molecular complexity index is 1080. The minimum absolute atomic E-state index is 0.505. The van der Waals surface area contributed by atoms with Crippen LogP contribution in [0, 0.1) is 0 Å². The van der Waals surface area contributed by atoms with E-state index in [2.05, 4.69) is 57.9 Å². The molecule has 0 atom stereocenters. The minimum atomic E-state index is 0.505. The zero-order valence-corrected chi connectivity index (χ0v) is 19.2. The lowest BCUT2D eigenvalue weighted by atomic mass is 10.1. The van der Waals surface area contributed by atoms with E-state index in [-0.39, 0.29) is 0 Å². The summed E-state index contributed by atoms with van der Waals surface area (Å²) < 4.78 is 15.5. The van der Waals surface area contributed by atoms with Gasteiger partial charge in [0.05, 0.1) is 6.54 Å². The molecule has 5 nitrogen and oxygen atoms in total. The van der Waals surface area contributed by atoms with Crippen molar-refractivity contribution in [1.29, 1.82) is 0 Å². The predicted molar refractivity (Wildman–Crippen MR) is 117 cm³/mol. The van der Waals surface area contributed by atoms with E-state index in [1.165, 1.54) is 0 Å². The standard InChI is InChI=1S/C20H14Br3N3O2/c21-18-19(22)26(20(23)24-18)11-16-10-17(25-28-16)14-6-8-15(9-7-14)27-12-13-4-2-1-3-5-13/h1-10H,11-12H2. The number of rotatable bonds is 6. The van der Waals surface area contributed by atoms with Gasteiger partial charge < -0.3 is 13.8 Å². The molecule has 2 aromatic heterocycles. The highest BCUT2D eigenvalue weighted by atomic mass is 79.9. The number of hydrogen-bond donors (Lipinski definition) is 0. The van der Waals surface area contributed by atoms with E-state index in [0.29, 0.717) is 17.9 Å². The van der Waals surface area contributed by atoms with E-state index < -0.39 is 0 Å². The molecule has 0 spiro atoms. The van der Waals surface area contributed by atoms with Crippen molar-refractivity contribution < 1.29 is 9.26 Å². The quantitative estimate of drug-likeness (QED) is 0.269. The van der Waals surface area contributed by atoms with Gasteiger partial charge in [0.1, 0.15) is 27.3 Å². The lowest BCUT2D eigenvalue weighted by molar-refractivity contribution is 0.306. The predicted octanol–water partition coefficient (Wildman–Crippen LogP) is 6.45. The zero-order valence-electron chi connectivity index (χ0n) is 14.5. The molecule has 0 fully saturated rings. The molecule has 0 bridgehead atoms. The van der Waals surface area contributed by atoms with Gasteiger partial charge in [-0.1, -0.05) is 35.5 Å². The first-order valence-electron chi connectivity index (χ1n) is 8.40. The normalized spacial score (nSPS) is 11.0. The fraction of sp³-hybridized carbons (Fsp3) is 0.100.